The number of rotatable bonds is 3. The minimum Gasteiger partial charge on any atom is -0.437 e. The molecule has 23 heavy (non-hydrogen) atoms. The number of fused-ring (bicyclic) bond motifs is 1. The zero-order valence-corrected chi connectivity index (χ0v) is 13.0. The number of benzene rings is 1. The summed E-state index contributed by atoms with van der Waals surface area (Å²) in [5.74, 6) is -0.586. The molecule has 1 fully saturated rings. The molecule has 0 aliphatic carbocycles. The van der Waals surface area contributed by atoms with Crippen LogP contribution in [-0.2, 0) is 0 Å². The summed E-state index contributed by atoms with van der Waals surface area (Å²) in [6.45, 7) is 2.82. The van der Waals surface area contributed by atoms with E-state index in [2.05, 4.69) is 0 Å². The average Bonchev–Trinajstić information content (AvgIpc) is 2.78. The molecule has 120 valence electrons. The van der Waals surface area contributed by atoms with Gasteiger partial charge in [0.25, 0.3) is 11.8 Å². The first-order valence-corrected chi connectivity index (χ1v) is 7.73. The lowest BCUT2D eigenvalue weighted by atomic mass is 9.81. The molecule has 0 bridgehead atoms. The second-order valence-corrected chi connectivity index (χ2v) is 5.94. The topological polar surface area (TPSA) is 81.1 Å². The Bertz CT molecular complexity index is 639. The summed E-state index contributed by atoms with van der Waals surface area (Å²) in [7, 11) is -0.595. The standard InChI is InChI=1S/C16H19BN2O4/c1-17(23)18-8-6-11(14(20)10-18)7-9-19-15(21)12-4-2-3-5-13(12)16(19)22/h2-5,7,14,20,23H,6,8-10H2,1H3/b11-7+. The number of amides is 2. The van der Waals surface area contributed by atoms with E-state index in [0.717, 1.165) is 5.57 Å². The van der Waals surface area contributed by atoms with Crippen LogP contribution in [0.15, 0.2) is 35.9 Å². The number of aliphatic hydroxyl groups is 1. The third kappa shape index (κ3) is 2.95. The molecule has 1 aromatic rings. The van der Waals surface area contributed by atoms with E-state index in [0.29, 0.717) is 30.6 Å². The van der Waals surface area contributed by atoms with Crippen molar-refractivity contribution in [2.45, 2.75) is 19.3 Å². The fraction of sp³-hybridized carbons (Fsp3) is 0.375. The smallest absolute Gasteiger partial charge is 0.376 e. The highest BCUT2D eigenvalue weighted by molar-refractivity contribution is 6.45. The average molecular weight is 314 g/mol. The monoisotopic (exact) mass is 314 g/mol. The Morgan fingerprint density at radius 1 is 1.26 bits per heavy atom. The Morgan fingerprint density at radius 3 is 2.39 bits per heavy atom. The van der Waals surface area contributed by atoms with Gasteiger partial charge in [0, 0.05) is 13.1 Å². The van der Waals surface area contributed by atoms with E-state index in [1.807, 2.05) is 0 Å². The van der Waals surface area contributed by atoms with Crippen LogP contribution in [0, 0.1) is 0 Å². The van der Waals surface area contributed by atoms with Gasteiger partial charge in [-0.25, -0.2) is 0 Å². The predicted molar refractivity (Wildman–Crippen MR) is 85.9 cm³/mol. The lowest BCUT2D eigenvalue weighted by Gasteiger charge is -2.33. The Kier molecular flexibility index (Phi) is 4.34. The van der Waals surface area contributed by atoms with Crippen molar-refractivity contribution in [3.63, 3.8) is 0 Å². The maximum atomic E-state index is 12.3. The number of imide groups is 1. The van der Waals surface area contributed by atoms with Gasteiger partial charge in [-0.2, -0.15) is 0 Å². The molecule has 0 saturated carbocycles. The van der Waals surface area contributed by atoms with E-state index in [4.69, 9.17) is 0 Å². The minimum absolute atomic E-state index is 0.160. The molecule has 1 aromatic carbocycles. The van der Waals surface area contributed by atoms with Gasteiger partial charge in [0.1, 0.15) is 0 Å². The van der Waals surface area contributed by atoms with Gasteiger partial charge in [-0.3, -0.25) is 14.5 Å². The van der Waals surface area contributed by atoms with Crippen LogP contribution in [0.3, 0.4) is 0 Å². The lowest BCUT2D eigenvalue weighted by molar-refractivity contribution is 0.0670. The van der Waals surface area contributed by atoms with Crippen molar-refractivity contribution in [3.05, 3.63) is 47.0 Å². The molecule has 2 amide bonds. The van der Waals surface area contributed by atoms with Gasteiger partial charge >= 0.3 is 7.05 Å². The molecule has 0 radical (unpaired) electrons. The first-order chi connectivity index (χ1) is 11.0. The maximum absolute atomic E-state index is 12.3. The number of β-amino-alcohol motifs (C(OH)–C–C–N with tert-alkyl or cyclic N) is 1. The Labute approximate surface area is 135 Å². The Morgan fingerprint density at radius 2 is 1.87 bits per heavy atom. The summed E-state index contributed by atoms with van der Waals surface area (Å²) in [5, 5.41) is 19.7. The van der Waals surface area contributed by atoms with Gasteiger partial charge in [-0.1, -0.05) is 18.2 Å². The molecule has 2 aliphatic rings. The molecule has 6 nitrogen and oxygen atoms in total. The highest BCUT2D eigenvalue weighted by Gasteiger charge is 2.34. The first-order valence-electron chi connectivity index (χ1n) is 7.73. The molecular formula is C16H19BN2O4. The fourth-order valence-corrected chi connectivity index (χ4v) is 3.06. The summed E-state index contributed by atoms with van der Waals surface area (Å²) >= 11 is 0. The molecule has 1 saturated heterocycles. The van der Waals surface area contributed by atoms with Gasteiger partial charge in [-0.15, -0.1) is 0 Å². The number of aliphatic hydroxyl groups excluding tert-OH is 1. The quantitative estimate of drug-likeness (QED) is 0.479. The van der Waals surface area contributed by atoms with E-state index >= 15 is 0 Å². The van der Waals surface area contributed by atoms with Crippen molar-refractivity contribution >= 4 is 18.9 Å². The maximum Gasteiger partial charge on any atom is 0.376 e. The van der Waals surface area contributed by atoms with Crippen LogP contribution < -0.4 is 0 Å². The molecule has 2 N–H and O–H groups in total. The Balaban J connectivity index is 1.70. The SMILES string of the molecule is CB(O)N1CC/C(=C\CN2C(=O)c3ccccc3C2=O)C(O)C1. The summed E-state index contributed by atoms with van der Waals surface area (Å²) < 4.78 is 0. The summed E-state index contributed by atoms with van der Waals surface area (Å²) in [4.78, 5) is 27.5. The zero-order chi connectivity index (χ0) is 16.6. The molecule has 0 aromatic heterocycles. The van der Waals surface area contributed by atoms with Gasteiger partial charge in [0.05, 0.1) is 17.2 Å². The van der Waals surface area contributed by atoms with Crippen LogP contribution >= 0.6 is 0 Å². The zero-order valence-electron chi connectivity index (χ0n) is 13.0. The van der Waals surface area contributed by atoms with E-state index in [9.17, 15) is 19.7 Å². The highest BCUT2D eigenvalue weighted by Crippen LogP contribution is 2.23. The van der Waals surface area contributed by atoms with E-state index in [-0.39, 0.29) is 18.4 Å². The molecule has 3 rings (SSSR count). The third-order valence-electron chi connectivity index (χ3n) is 4.47. The van der Waals surface area contributed by atoms with Gasteiger partial charge in [0.15, 0.2) is 0 Å². The number of carbonyl (C=O) groups excluding carboxylic acids is 2. The van der Waals surface area contributed by atoms with E-state index in [1.165, 1.54) is 4.90 Å². The van der Waals surface area contributed by atoms with Crippen molar-refractivity contribution in [1.29, 1.82) is 0 Å². The first kappa shape index (κ1) is 15.9. The van der Waals surface area contributed by atoms with Crippen molar-refractivity contribution in [1.82, 2.24) is 9.71 Å². The van der Waals surface area contributed by atoms with Crippen LogP contribution in [-0.4, -0.2) is 64.4 Å². The van der Waals surface area contributed by atoms with E-state index < -0.39 is 13.2 Å². The van der Waals surface area contributed by atoms with Crippen LogP contribution in [0.25, 0.3) is 0 Å². The van der Waals surface area contributed by atoms with E-state index in [1.54, 1.807) is 42.0 Å². The van der Waals surface area contributed by atoms with Crippen LogP contribution in [0.1, 0.15) is 27.1 Å². The molecule has 1 atom stereocenters. The van der Waals surface area contributed by atoms with Crippen molar-refractivity contribution < 1.29 is 19.7 Å². The van der Waals surface area contributed by atoms with Crippen LogP contribution in [0.2, 0.25) is 6.82 Å². The molecule has 7 heteroatoms. The number of piperidine rings is 1. The second-order valence-electron chi connectivity index (χ2n) is 5.94. The number of nitrogens with zero attached hydrogens (tertiary/aromatic N) is 2. The molecule has 2 aliphatic heterocycles. The second kappa shape index (κ2) is 6.27. The Hall–Kier alpha value is -1.96. The highest BCUT2D eigenvalue weighted by atomic mass is 16.3. The number of carbonyl (C=O) groups is 2. The number of hydrogen-bond acceptors (Lipinski definition) is 5. The molecule has 0 spiro atoms. The summed E-state index contributed by atoms with van der Waals surface area (Å²) in [6, 6.07) is 6.78. The third-order valence-corrected chi connectivity index (χ3v) is 4.47. The normalized spacial score (nSPS) is 23.5. The summed E-state index contributed by atoms with van der Waals surface area (Å²) in [6.07, 6.45) is 1.68. The molecular weight excluding hydrogens is 295 g/mol. The predicted octanol–water partition coefficient (Wildman–Crippen LogP) is 0.386. The fourth-order valence-electron chi connectivity index (χ4n) is 3.06. The van der Waals surface area contributed by atoms with Gasteiger partial charge in [-0.05, 0) is 37.5 Å². The van der Waals surface area contributed by atoms with Crippen molar-refractivity contribution in [2.75, 3.05) is 19.6 Å². The van der Waals surface area contributed by atoms with Gasteiger partial charge in [0.2, 0.25) is 0 Å². The van der Waals surface area contributed by atoms with Crippen LogP contribution in [0.5, 0.6) is 0 Å². The van der Waals surface area contributed by atoms with Gasteiger partial charge < -0.3 is 14.9 Å². The number of hydrogen-bond donors (Lipinski definition) is 2. The lowest BCUT2D eigenvalue weighted by Crippen LogP contribution is -2.47. The largest absolute Gasteiger partial charge is 0.437 e. The summed E-state index contributed by atoms with van der Waals surface area (Å²) in [5.41, 5.74) is 1.67. The van der Waals surface area contributed by atoms with Crippen molar-refractivity contribution in [2.24, 2.45) is 0 Å². The molecule has 2 heterocycles. The van der Waals surface area contributed by atoms with Crippen LogP contribution in [0.4, 0.5) is 0 Å². The molecule has 1 unspecified atom stereocenters. The van der Waals surface area contributed by atoms with Crippen molar-refractivity contribution in [3.8, 4) is 0 Å². The minimum atomic E-state index is -0.687.